The summed E-state index contributed by atoms with van der Waals surface area (Å²) < 4.78 is 2.36. The number of hydrogen-bond donors (Lipinski definition) is 0. The van der Waals surface area contributed by atoms with Gasteiger partial charge in [0, 0.05) is 17.5 Å². The molecular weight excluding hydrogens is 302 g/mol. The van der Waals surface area contributed by atoms with Crippen LogP contribution in [0.2, 0.25) is 0 Å². The fourth-order valence-electron chi connectivity index (χ4n) is 3.26. The molecule has 0 bridgehead atoms. The van der Waals surface area contributed by atoms with Crippen molar-refractivity contribution in [1.29, 1.82) is 0 Å². The number of hydrogen-bond acceptors (Lipinski definition) is 0. The number of pyridine rings is 1. The highest BCUT2D eigenvalue weighted by atomic mass is 35.5. The van der Waals surface area contributed by atoms with E-state index in [2.05, 4.69) is 43.8 Å². The lowest BCUT2D eigenvalue weighted by Crippen LogP contribution is -3.00. The molecule has 1 aromatic rings. The van der Waals surface area contributed by atoms with Crippen molar-refractivity contribution in [1.82, 2.24) is 0 Å². The van der Waals surface area contributed by atoms with Gasteiger partial charge >= 0.3 is 0 Å². The Morgan fingerprint density at radius 2 is 1.04 bits per heavy atom. The Morgan fingerprint density at radius 3 is 1.48 bits per heavy atom. The van der Waals surface area contributed by atoms with Crippen LogP contribution in [-0.2, 0) is 6.54 Å². The van der Waals surface area contributed by atoms with Gasteiger partial charge < -0.3 is 12.4 Å². The van der Waals surface area contributed by atoms with Crippen molar-refractivity contribution in [3.63, 3.8) is 0 Å². The van der Waals surface area contributed by atoms with Gasteiger partial charge in [0.2, 0.25) is 0 Å². The standard InChI is InChI=1S/C21H38N.ClH/c1-4-5-6-7-8-9-10-11-12-13-14-15-16-22-18-20(2)17-21(3)19-22;/h17-19H,4-16H2,1-3H3;1H/q+1;/p-1. The highest BCUT2D eigenvalue weighted by Gasteiger charge is 2.02. The first-order valence-electron chi connectivity index (χ1n) is 9.69. The molecular formula is C21H38ClN. The first-order valence-corrected chi connectivity index (χ1v) is 9.69. The Hall–Kier alpha value is -0.560. The number of unbranched alkanes of at least 4 members (excludes halogenated alkanes) is 11. The van der Waals surface area contributed by atoms with Gasteiger partial charge in [-0.05, 0) is 26.3 Å². The lowest BCUT2D eigenvalue weighted by molar-refractivity contribution is -0.698. The van der Waals surface area contributed by atoms with Crippen molar-refractivity contribution in [3.8, 4) is 0 Å². The average molecular weight is 340 g/mol. The summed E-state index contributed by atoms with van der Waals surface area (Å²) in [6, 6.07) is 2.25. The Morgan fingerprint density at radius 1 is 0.652 bits per heavy atom. The van der Waals surface area contributed by atoms with E-state index in [1.165, 1.54) is 94.7 Å². The van der Waals surface area contributed by atoms with E-state index in [0.717, 1.165) is 0 Å². The highest BCUT2D eigenvalue weighted by molar-refractivity contribution is 5.11. The zero-order valence-corrected chi connectivity index (χ0v) is 16.5. The largest absolute Gasteiger partial charge is 1.00 e. The molecule has 0 radical (unpaired) electrons. The van der Waals surface area contributed by atoms with Crippen LogP contribution in [0.5, 0.6) is 0 Å². The minimum atomic E-state index is 0. The smallest absolute Gasteiger partial charge is 0.171 e. The molecule has 0 saturated carbocycles. The van der Waals surface area contributed by atoms with E-state index in [0.29, 0.717) is 0 Å². The molecule has 0 spiro atoms. The molecule has 1 rings (SSSR count). The zero-order chi connectivity index (χ0) is 16.0. The molecule has 0 N–H and O–H groups in total. The summed E-state index contributed by atoms with van der Waals surface area (Å²) in [7, 11) is 0. The molecule has 23 heavy (non-hydrogen) atoms. The first kappa shape index (κ1) is 22.4. The van der Waals surface area contributed by atoms with Crippen molar-refractivity contribution in [2.75, 3.05) is 0 Å². The number of aryl methyl sites for hydroxylation is 3. The van der Waals surface area contributed by atoms with Gasteiger partial charge in [0.25, 0.3) is 0 Å². The summed E-state index contributed by atoms with van der Waals surface area (Å²) >= 11 is 0. The highest BCUT2D eigenvalue weighted by Crippen LogP contribution is 2.11. The summed E-state index contributed by atoms with van der Waals surface area (Å²) in [4.78, 5) is 0. The van der Waals surface area contributed by atoms with Crippen molar-refractivity contribution in [3.05, 3.63) is 29.6 Å². The van der Waals surface area contributed by atoms with Gasteiger partial charge in [0.1, 0.15) is 6.54 Å². The maximum atomic E-state index is 2.36. The van der Waals surface area contributed by atoms with Crippen LogP contribution in [0.25, 0.3) is 0 Å². The van der Waals surface area contributed by atoms with Crippen molar-refractivity contribution >= 4 is 0 Å². The van der Waals surface area contributed by atoms with Gasteiger partial charge in [0.15, 0.2) is 12.4 Å². The topological polar surface area (TPSA) is 3.88 Å². The molecule has 1 heterocycles. The predicted octanol–water partition coefficient (Wildman–Crippen LogP) is 3.30. The maximum absolute atomic E-state index is 2.36. The van der Waals surface area contributed by atoms with E-state index in [4.69, 9.17) is 0 Å². The second kappa shape index (κ2) is 15.0. The molecule has 2 heteroatoms. The van der Waals surface area contributed by atoms with E-state index >= 15 is 0 Å². The molecule has 0 aromatic carbocycles. The molecule has 0 amide bonds. The lowest BCUT2D eigenvalue weighted by Gasteiger charge is -2.03. The summed E-state index contributed by atoms with van der Waals surface area (Å²) in [6.45, 7) is 7.84. The van der Waals surface area contributed by atoms with Gasteiger partial charge in [0.05, 0.1) is 0 Å². The van der Waals surface area contributed by atoms with Gasteiger partial charge in [-0.15, -0.1) is 0 Å². The fourth-order valence-corrected chi connectivity index (χ4v) is 3.26. The first-order chi connectivity index (χ1) is 10.7. The van der Waals surface area contributed by atoms with E-state index in [1.807, 2.05) is 0 Å². The fraction of sp³-hybridized carbons (Fsp3) is 0.762. The van der Waals surface area contributed by atoms with Crippen LogP contribution in [-0.4, -0.2) is 0 Å². The van der Waals surface area contributed by atoms with E-state index in [1.54, 1.807) is 0 Å². The molecule has 1 nitrogen and oxygen atoms in total. The summed E-state index contributed by atoms with van der Waals surface area (Å²) in [6.07, 6.45) is 21.6. The molecule has 0 aliphatic heterocycles. The molecule has 0 atom stereocenters. The van der Waals surface area contributed by atoms with Gasteiger partial charge in [-0.2, -0.15) is 0 Å². The minimum absolute atomic E-state index is 0. The second-order valence-electron chi connectivity index (χ2n) is 7.02. The molecule has 134 valence electrons. The molecule has 0 aliphatic carbocycles. The molecule has 0 saturated heterocycles. The normalized spacial score (nSPS) is 10.6. The quantitative estimate of drug-likeness (QED) is 0.383. The van der Waals surface area contributed by atoms with Crippen LogP contribution in [0, 0.1) is 13.8 Å². The van der Waals surface area contributed by atoms with Crippen LogP contribution < -0.4 is 17.0 Å². The molecule has 0 aliphatic rings. The minimum Gasteiger partial charge on any atom is -1.00 e. The van der Waals surface area contributed by atoms with Gasteiger partial charge in [-0.3, -0.25) is 0 Å². The van der Waals surface area contributed by atoms with Crippen LogP contribution in [0.4, 0.5) is 0 Å². The monoisotopic (exact) mass is 339 g/mol. The summed E-state index contributed by atoms with van der Waals surface area (Å²) in [5, 5.41) is 0. The van der Waals surface area contributed by atoms with Gasteiger partial charge in [-0.25, -0.2) is 4.57 Å². The second-order valence-corrected chi connectivity index (χ2v) is 7.02. The Balaban J connectivity index is 0.00000484. The van der Waals surface area contributed by atoms with E-state index in [9.17, 15) is 0 Å². The van der Waals surface area contributed by atoms with E-state index < -0.39 is 0 Å². The Bertz CT molecular complexity index is 369. The Kier molecular flexibility index (Phi) is 14.6. The third kappa shape index (κ3) is 12.5. The third-order valence-electron chi connectivity index (χ3n) is 4.46. The van der Waals surface area contributed by atoms with Gasteiger partial charge in [-0.1, -0.05) is 71.1 Å². The van der Waals surface area contributed by atoms with Crippen molar-refractivity contribution in [2.24, 2.45) is 0 Å². The number of halogens is 1. The summed E-state index contributed by atoms with van der Waals surface area (Å²) in [5.41, 5.74) is 2.75. The van der Waals surface area contributed by atoms with Crippen molar-refractivity contribution in [2.45, 2.75) is 104 Å². The molecule has 0 fully saturated rings. The maximum Gasteiger partial charge on any atom is 0.171 e. The zero-order valence-electron chi connectivity index (χ0n) is 15.7. The van der Waals surface area contributed by atoms with Crippen LogP contribution >= 0.6 is 0 Å². The molecule has 0 unspecified atom stereocenters. The number of nitrogens with zero attached hydrogens (tertiary/aromatic N) is 1. The number of aromatic nitrogens is 1. The summed E-state index contributed by atoms with van der Waals surface area (Å²) in [5.74, 6) is 0. The average Bonchev–Trinajstić information content (AvgIpc) is 2.47. The van der Waals surface area contributed by atoms with Crippen LogP contribution in [0.1, 0.15) is 95.1 Å². The Labute approximate surface area is 151 Å². The lowest BCUT2D eigenvalue weighted by atomic mass is 10.1. The third-order valence-corrected chi connectivity index (χ3v) is 4.46. The van der Waals surface area contributed by atoms with Crippen LogP contribution in [0.3, 0.4) is 0 Å². The molecule has 1 aromatic heterocycles. The van der Waals surface area contributed by atoms with Crippen molar-refractivity contribution < 1.29 is 17.0 Å². The van der Waals surface area contributed by atoms with Crippen LogP contribution in [0.15, 0.2) is 18.5 Å². The predicted molar refractivity (Wildman–Crippen MR) is 97.2 cm³/mol. The van der Waals surface area contributed by atoms with E-state index in [-0.39, 0.29) is 12.4 Å². The SMILES string of the molecule is CCCCCCCCCCCCCC[n+]1cc(C)cc(C)c1.[Cl-]. The number of rotatable bonds is 13.